The van der Waals surface area contributed by atoms with Crippen molar-refractivity contribution < 1.29 is 4.74 Å². The largest absolute Gasteiger partial charge is 0.377 e. The smallest absolute Gasteiger partial charge is 0.0829 e. The lowest BCUT2D eigenvalue weighted by Gasteiger charge is -2.40. The zero-order valence-electron chi connectivity index (χ0n) is 11.6. The van der Waals surface area contributed by atoms with Gasteiger partial charge in [-0.25, -0.2) is 0 Å². The number of ether oxygens (including phenoxy) is 1. The van der Waals surface area contributed by atoms with Crippen LogP contribution in [0.3, 0.4) is 0 Å². The van der Waals surface area contributed by atoms with Gasteiger partial charge in [0.05, 0.1) is 5.60 Å². The van der Waals surface area contributed by atoms with Crippen LogP contribution in [-0.4, -0.2) is 28.5 Å². The first-order valence-electron chi connectivity index (χ1n) is 6.95. The molecule has 4 heteroatoms. The van der Waals surface area contributed by atoms with Crippen molar-refractivity contribution in [3.05, 3.63) is 18.0 Å². The van der Waals surface area contributed by atoms with Gasteiger partial charge < -0.3 is 10.5 Å². The average molecular weight is 251 g/mol. The molecule has 1 saturated carbocycles. The molecule has 1 aliphatic carbocycles. The predicted molar refractivity (Wildman–Crippen MR) is 72.3 cm³/mol. The molecule has 0 aliphatic heterocycles. The summed E-state index contributed by atoms with van der Waals surface area (Å²) in [5.74, 6) is 0. The monoisotopic (exact) mass is 251 g/mol. The minimum Gasteiger partial charge on any atom is -0.377 e. The van der Waals surface area contributed by atoms with E-state index >= 15 is 0 Å². The van der Waals surface area contributed by atoms with Crippen LogP contribution in [0, 0.1) is 0 Å². The first-order valence-corrected chi connectivity index (χ1v) is 6.95. The lowest BCUT2D eigenvalue weighted by atomic mass is 9.78. The summed E-state index contributed by atoms with van der Waals surface area (Å²) < 4.78 is 7.72. The first-order chi connectivity index (χ1) is 8.68. The Kier molecular flexibility index (Phi) is 4.40. The molecule has 1 aromatic heterocycles. The van der Waals surface area contributed by atoms with E-state index in [0.29, 0.717) is 0 Å². The van der Waals surface area contributed by atoms with Gasteiger partial charge in [-0.1, -0.05) is 19.3 Å². The number of nitrogens with zero attached hydrogens (tertiary/aromatic N) is 2. The average Bonchev–Trinajstić information content (AvgIpc) is 2.82. The fraction of sp³-hybridized carbons (Fsp3) is 0.786. The molecule has 2 rings (SSSR count). The summed E-state index contributed by atoms with van der Waals surface area (Å²) in [6, 6.07) is 2.19. The van der Waals surface area contributed by atoms with Crippen molar-refractivity contribution in [1.82, 2.24) is 9.78 Å². The standard InChI is InChI=1S/C14H25N3O/c1-17-12(8-11-16-17)6-7-13(15)14(18-2)9-4-3-5-10-14/h8,11,13H,3-7,9-10,15H2,1-2H3. The number of aromatic nitrogens is 2. The van der Waals surface area contributed by atoms with E-state index < -0.39 is 0 Å². The first kappa shape index (κ1) is 13.6. The maximum atomic E-state index is 6.41. The Morgan fingerprint density at radius 1 is 1.44 bits per heavy atom. The molecule has 1 fully saturated rings. The van der Waals surface area contributed by atoms with Crippen LogP contribution >= 0.6 is 0 Å². The molecular formula is C14H25N3O. The molecule has 0 spiro atoms. The molecule has 0 amide bonds. The summed E-state index contributed by atoms with van der Waals surface area (Å²) in [6.45, 7) is 0. The van der Waals surface area contributed by atoms with Crippen molar-refractivity contribution >= 4 is 0 Å². The zero-order valence-corrected chi connectivity index (χ0v) is 11.6. The highest BCUT2D eigenvalue weighted by molar-refractivity contribution is 5.02. The summed E-state index contributed by atoms with van der Waals surface area (Å²) in [5, 5.41) is 4.19. The van der Waals surface area contributed by atoms with E-state index in [0.717, 1.165) is 25.7 Å². The number of hydrogen-bond acceptors (Lipinski definition) is 3. The van der Waals surface area contributed by atoms with E-state index in [1.165, 1.54) is 25.0 Å². The van der Waals surface area contributed by atoms with E-state index in [4.69, 9.17) is 10.5 Å². The SMILES string of the molecule is COC1(C(N)CCc2ccnn2C)CCCCC1. The van der Waals surface area contributed by atoms with E-state index in [-0.39, 0.29) is 11.6 Å². The lowest BCUT2D eigenvalue weighted by molar-refractivity contribution is -0.0600. The van der Waals surface area contributed by atoms with Gasteiger partial charge >= 0.3 is 0 Å². The summed E-state index contributed by atoms with van der Waals surface area (Å²) in [6.07, 6.45) is 9.80. The highest BCUT2D eigenvalue weighted by Crippen LogP contribution is 2.34. The quantitative estimate of drug-likeness (QED) is 0.871. The van der Waals surface area contributed by atoms with Gasteiger partial charge in [-0.3, -0.25) is 4.68 Å². The maximum absolute atomic E-state index is 6.41. The second-order valence-corrected chi connectivity index (χ2v) is 5.42. The Bertz CT molecular complexity index is 369. The molecule has 1 unspecified atom stereocenters. The van der Waals surface area contributed by atoms with E-state index in [2.05, 4.69) is 11.2 Å². The molecule has 0 bridgehead atoms. The highest BCUT2D eigenvalue weighted by Gasteiger charge is 2.37. The normalized spacial score (nSPS) is 20.8. The van der Waals surface area contributed by atoms with Crippen LogP contribution in [0.15, 0.2) is 12.3 Å². The molecule has 0 aromatic carbocycles. The van der Waals surface area contributed by atoms with Gasteiger partial charge in [0.25, 0.3) is 0 Å². The molecule has 1 aliphatic rings. The summed E-state index contributed by atoms with van der Waals surface area (Å²) >= 11 is 0. The second kappa shape index (κ2) is 5.85. The summed E-state index contributed by atoms with van der Waals surface area (Å²) in [5.41, 5.74) is 7.56. The van der Waals surface area contributed by atoms with Crippen LogP contribution in [0.4, 0.5) is 0 Å². The number of methoxy groups -OCH3 is 1. The van der Waals surface area contributed by atoms with Gasteiger partial charge in [0.15, 0.2) is 0 Å². The van der Waals surface area contributed by atoms with Crippen LogP contribution in [-0.2, 0) is 18.2 Å². The van der Waals surface area contributed by atoms with Crippen LogP contribution in [0.2, 0.25) is 0 Å². The fourth-order valence-electron chi connectivity index (χ4n) is 3.09. The molecule has 4 nitrogen and oxygen atoms in total. The molecule has 1 atom stereocenters. The molecule has 18 heavy (non-hydrogen) atoms. The summed E-state index contributed by atoms with van der Waals surface area (Å²) in [4.78, 5) is 0. The van der Waals surface area contributed by atoms with Crippen molar-refractivity contribution in [2.45, 2.75) is 56.6 Å². The van der Waals surface area contributed by atoms with Crippen molar-refractivity contribution in [1.29, 1.82) is 0 Å². The Balaban J connectivity index is 1.93. The third-order valence-electron chi connectivity index (χ3n) is 4.42. The highest BCUT2D eigenvalue weighted by atomic mass is 16.5. The van der Waals surface area contributed by atoms with Gasteiger partial charge in [0, 0.05) is 32.1 Å². The Morgan fingerprint density at radius 2 is 2.17 bits per heavy atom. The molecule has 102 valence electrons. The Labute approximate surface area is 110 Å². The zero-order chi connectivity index (χ0) is 13.0. The van der Waals surface area contributed by atoms with Gasteiger partial charge in [0.1, 0.15) is 0 Å². The summed E-state index contributed by atoms with van der Waals surface area (Å²) in [7, 11) is 3.79. The molecule has 2 N–H and O–H groups in total. The maximum Gasteiger partial charge on any atom is 0.0829 e. The Morgan fingerprint density at radius 3 is 2.72 bits per heavy atom. The van der Waals surface area contributed by atoms with Crippen LogP contribution in [0.5, 0.6) is 0 Å². The van der Waals surface area contributed by atoms with Gasteiger partial charge in [-0.05, 0) is 31.7 Å². The minimum atomic E-state index is -0.0865. The van der Waals surface area contributed by atoms with Gasteiger partial charge in [-0.15, -0.1) is 0 Å². The number of rotatable bonds is 5. The van der Waals surface area contributed by atoms with Crippen molar-refractivity contribution in [2.75, 3.05) is 7.11 Å². The number of aryl methyl sites for hydroxylation is 2. The number of hydrogen-bond donors (Lipinski definition) is 1. The van der Waals surface area contributed by atoms with Crippen LogP contribution < -0.4 is 5.73 Å². The van der Waals surface area contributed by atoms with E-state index in [1.54, 1.807) is 0 Å². The second-order valence-electron chi connectivity index (χ2n) is 5.42. The topological polar surface area (TPSA) is 53.1 Å². The van der Waals surface area contributed by atoms with Crippen LogP contribution in [0.1, 0.15) is 44.2 Å². The van der Waals surface area contributed by atoms with Crippen molar-refractivity contribution in [3.8, 4) is 0 Å². The molecule has 1 aromatic rings. The molecular weight excluding hydrogens is 226 g/mol. The van der Waals surface area contributed by atoms with Crippen LogP contribution in [0.25, 0.3) is 0 Å². The third kappa shape index (κ3) is 2.75. The molecule has 0 radical (unpaired) electrons. The Hall–Kier alpha value is -0.870. The third-order valence-corrected chi connectivity index (χ3v) is 4.42. The molecule has 0 saturated heterocycles. The number of nitrogens with two attached hydrogens (primary N) is 1. The van der Waals surface area contributed by atoms with Gasteiger partial charge in [-0.2, -0.15) is 5.10 Å². The minimum absolute atomic E-state index is 0.0865. The lowest BCUT2D eigenvalue weighted by Crippen LogP contribution is -2.51. The fourth-order valence-corrected chi connectivity index (χ4v) is 3.09. The van der Waals surface area contributed by atoms with Crippen molar-refractivity contribution in [2.24, 2.45) is 12.8 Å². The molecule has 1 heterocycles. The van der Waals surface area contributed by atoms with E-state index in [9.17, 15) is 0 Å². The van der Waals surface area contributed by atoms with Gasteiger partial charge in [0.2, 0.25) is 0 Å². The van der Waals surface area contributed by atoms with Crippen molar-refractivity contribution in [3.63, 3.8) is 0 Å². The van der Waals surface area contributed by atoms with E-state index in [1.807, 2.05) is 25.0 Å². The predicted octanol–water partition coefficient (Wildman–Crippen LogP) is 2.03.